The Morgan fingerprint density at radius 2 is 1.60 bits per heavy atom. The van der Waals surface area contributed by atoms with Gasteiger partial charge in [0.05, 0.1) is 5.69 Å². The molecule has 0 saturated heterocycles. The first-order valence-electron chi connectivity index (χ1n) is 12.6. The Bertz CT molecular complexity index is 1500. The fourth-order valence-corrected chi connectivity index (χ4v) is 5.60. The molecule has 0 amide bonds. The van der Waals surface area contributed by atoms with Crippen molar-refractivity contribution >= 4 is 29.6 Å². The molecule has 1 aliphatic carbocycles. The Labute approximate surface area is 208 Å². The van der Waals surface area contributed by atoms with Crippen molar-refractivity contribution in [1.82, 2.24) is 4.57 Å². The van der Waals surface area contributed by atoms with Crippen LogP contribution in [0.15, 0.2) is 91.0 Å². The van der Waals surface area contributed by atoms with Gasteiger partial charge in [-0.3, -0.25) is 0 Å². The molecule has 0 radical (unpaired) electrons. The molecule has 2 aliphatic rings. The largest absolute Gasteiger partial charge is 0.336 e. The van der Waals surface area contributed by atoms with Crippen molar-refractivity contribution in [3.8, 4) is 16.8 Å². The first-order chi connectivity index (χ1) is 17.3. The van der Waals surface area contributed by atoms with Gasteiger partial charge in [0.2, 0.25) is 0 Å². The number of anilines is 2. The van der Waals surface area contributed by atoms with Gasteiger partial charge in [-0.15, -0.1) is 0 Å². The number of hydrogen-bond acceptors (Lipinski definition) is 1. The second-order valence-corrected chi connectivity index (χ2v) is 9.17. The summed E-state index contributed by atoms with van der Waals surface area (Å²) in [6, 6.07) is 26.6. The molecule has 35 heavy (non-hydrogen) atoms. The van der Waals surface area contributed by atoms with Gasteiger partial charge in [0, 0.05) is 46.0 Å². The predicted molar refractivity (Wildman–Crippen MR) is 150 cm³/mol. The van der Waals surface area contributed by atoms with Crippen LogP contribution in [0, 0.1) is 0 Å². The lowest BCUT2D eigenvalue weighted by molar-refractivity contribution is 0.918. The van der Waals surface area contributed by atoms with E-state index in [2.05, 4.69) is 133 Å². The Balaban J connectivity index is 1.52. The smallest absolute Gasteiger partial charge is 0.0534 e. The van der Waals surface area contributed by atoms with Crippen LogP contribution in [0.1, 0.15) is 48.3 Å². The van der Waals surface area contributed by atoms with E-state index in [4.69, 9.17) is 0 Å². The van der Waals surface area contributed by atoms with E-state index in [1.165, 1.54) is 56.3 Å². The zero-order valence-electron chi connectivity index (χ0n) is 20.4. The third kappa shape index (κ3) is 3.57. The topological polar surface area (TPSA) is 8.17 Å². The highest BCUT2D eigenvalue weighted by molar-refractivity contribution is 5.87. The highest BCUT2D eigenvalue weighted by Gasteiger charge is 2.24. The van der Waals surface area contributed by atoms with E-state index in [0.717, 1.165) is 19.4 Å². The van der Waals surface area contributed by atoms with E-state index >= 15 is 0 Å². The van der Waals surface area contributed by atoms with Crippen molar-refractivity contribution in [1.29, 1.82) is 0 Å². The van der Waals surface area contributed by atoms with E-state index in [1.54, 1.807) is 0 Å². The maximum Gasteiger partial charge on any atom is 0.0534 e. The molecule has 0 unspecified atom stereocenters. The standard InChI is InChI=1S/C33H30N2/c1-3-13-28-30-18-6-5-7-21-33(30)35(31(28)4-2)26-16-12-15-25(22-26)34-23-24-14-8-9-17-27(24)29-19-10-11-20-32(29)34/h3,6-22H,4-5,23H2,1-2H3/b13-3-. The molecule has 4 aromatic rings. The minimum absolute atomic E-state index is 0.869. The molecule has 0 saturated carbocycles. The van der Waals surface area contributed by atoms with Crippen molar-refractivity contribution in [3.63, 3.8) is 0 Å². The summed E-state index contributed by atoms with van der Waals surface area (Å²) in [7, 11) is 0. The van der Waals surface area contributed by atoms with Crippen LogP contribution >= 0.6 is 0 Å². The van der Waals surface area contributed by atoms with Crippen molar-refractivity contribution in [3.05, 3.63) is 119 Å². The summed E-state index contributed by atoms with van der Waals surface area (Å²) >= 11 is 0. The zero-order valence-corrected chi connectivity index (χ0v) is 20.4. The first kappa shape index (κ1) is 21.5. The average Bonchev–Trinajstić information content (AvgIpc) is 3.03. The maximum atomic E-state index is 2.46. The van der Waals surface area contributed by atoms with Gasteiger partial charge in [0.15, 0.2) is 0 Å². The quantitative estimate of drug-likeness (QED) is 0.299. The predicted octanol–water partition coefficient (Wildman–Crippen LogP) is 8.82. The summed E-state index contributed by atoms with van der Waals surface area (Å²) in [5.41, 5.74) is 13.0. The highest BCUT2D eigenvalue weighted by atomic mass is 15.1. The number of para-hydroxylation sites is 1. The minimum Gasteiger partial charge on any atom is -0.336 e. The van der Waals surface area contributed by atoms with Gasteiger partial charge in [0.25, 0.3) is 0 Å². The van der Waals surface area contributed by atoms with Gasteiger partial charge in [-0.05, 0) is 61.2 Å². The van der Waals surface area contributed by atoms with Crippen LogP contribution in [0.4, 0.5) is 11.4 Å². The molecule has 6 rings (SSSR count). The molecule has 1 aliphatic heterocycles. The molecular formula is C33H30N2. The van der Waals surface area contributed by atoms with Crippen LogP contribution in [0.25, 0.3) is 35.0 Å². The Hall–Kier alpha value is -4.04. The highest BCUT2D eigenvalue weighted by Crippen LogP contribution is 2.43. The van der Waals surface area contributed by atoms with Crippen LogP contribution in [0.5, 0.6) is 0 Å². The Kier molecular flexibility index (Phi) is 5.50. The number of allylic oxidation sites excluding steroid dienone is 3. The summed E-state index contributed by atoms with van der Waals surface area (Å²) in [4.78, 5) is 2.46. The molecule has 0 fully saturated rings. The van der Waals surface area contributed by atoms with Crippen molar-refractivity contribution < 1.29 is 0 Å². The molecule has 0 bridgehead atoms. The lowest BCUT2D eigenvalue weighted by atomic mass is 9.93. The zero-order chi connectivity index (χ0) is 23.8. The second-order valence-electron chi connectivity index (χ2n) is 9.17. The first-order valence-corrected chi connectivity index (χ1v) is 12.6. The number of rotatable bonds is 4. The van der Waals surface area contributed by atoms with Crippen LogP contribution < -0.4 is 4.90 Å². The number of nitrogens with zero attached hydrogens (tertiary/aromatic N) is 2. The molecular weight excluding hydrogens is 424 g/mol. The SMILES string of the molecule is C/C=C\c1c2c(n(-c3cccc(N4Cc5ccccc5-c5ccccc54)c3)c1CC)C=CCC=C2. The summed E-state index contributed by atoms with van der Waals surface area (Å²) < 4.78 is 2.46. The lowest BCUT2D eigenvalue weighted by Gasteiger charge is -2.33. The molecule has 2 heterocycles. The number of hydrogen-bond donors (Lipinski definition) is 0. The summed E-state index contributed by atoms with van der Waals surface area (Å²) in [5.74, 6) is 0. The molecule has 2 heteroatoms. The lowest BCUT2D eigenvalue weighted by Crippen LogP contribution is -2.21. The van der Waals surface area contributed by atoms with E-state index in [9.17, 15) is 0 Å². The normalized spacial score (nSPS) is 14.1. The fraction of sp³-hybridized carbons (Fsp3) is 0.152. The third-order valence-electron chi connectivity index (χ3n) is 7.12. The van der Waals surface area contributed by atoms with Gasteiger partial charge < -0.3 is 9.47 Å². The van der Waals surface area contributed by atoms with Gasteiger partial charge in [-0.25, -0.2) is 0 Å². The van der Waals surface area contributed by atoms with Crippen LogP contribution in [0.3, 0.4) is 0 Å². The number of aromatic nitrogens is 1. The number of fused-ring (bicyclic) bond motifs is 4. The van der Waals surface area contributed by atoms with E-state index < -0.39 is 0 Å². The van der Waals surface area contributed by atoms with Gasteiger partial charge >= 0.3 is 0 Å². The fourth-order valence-electron chi connectivity index (χ4n) is 5.60. The van der Waals surface area contributed by atoms with Crippen LogP contribution in [-0.2, 0) is 13.0 Å². The number of benzene rings is 3. The molecule has 3 aromatic carbocycles. The summed E-state index contributed by atoms with van der Waals surface area (Å²) in [6.07, 6.45) is 15.5. The maximum absolute atomic E-state index is 2.46. The Morgan fingerprint density at radius 3 is 2.46 bits per heavy atom. The van der Waals surface area contributed by atoms with Gasteiger partial charge in [-0.2, -0.15) is 0 Å². The molecule has 0 atom stereocenters. The Morgan fingerprint density at radius 1 is 0.829 bits per heavy atom. The van der Waals surface area contributed by atoms with Crippen LogP contribution in [0.2, 0.25) is 0 Å². The van der Waals surface area contributed by atoms with Gasteiger partial charge in [-0.1, -0.05) is 85.8 Å². The molecule has 0 spiro atoms. The molecule has 1 aromatic heterocycles. The van der Waals surface area contributed by atoms with E-state index in [0.29, 0.717) is 0 Å². The minimum atomic E-state index is 0.869. The van der Waals surface area contributed by atoms with Crippen molar-refractivity contribution in [2.24, 2.45) is 0 Å². The van der Waals surface area contributed by atoms with Crippen molar-refractivity contribution in [2.45, 2.75) is 33.2 Å². The molecule has 0 N–H and O–H groups in total. The third-order valence-corrected chi connectivity index (χ3v) is 7.12. The van der Waals surface area contributed by atoms with E-state index in [1.807, 2.05) is 0 Å². The van der Waals surface area contributed by atoms with E-state index in [-0.39, 0.29) is 0 Å². The molecule has 172 valence electrons. The van der Waals surface area contributed by atoms with Crippen molar-refractivity contribution in [2.75, 3.05) is 4.90 Å². The average molecular weight is 455 g/mol. The molecule has 2 nitrogen and oxygen atoms in total. The van der Waals surface area contributed by atoms with Crippen LogP contribution in [-0.4, -0.2) is 4.57 Å². The summed E-state index contributed by atoms with van der Waals surface area (Å²) in [5, 5.41) is 0. The second kappa shape index (κ2) is 8.96. The van der Waals surface area contributed by atoms with Gasteiger partial charge in [0.1, 0.15) is 0 Å². The monoisotopic (exact) mass is 454 g/mol. The summed E-state index contributed by atoms with van der Waals surface area (Å²) in [6.45, 7) is 5.23.